The van der Waals surface area contributed by atoms with Crippen molar-refractivity contribution >= 4 is 28.3 Å². The predicted octanol–water partition coefficient (Wildman–Crippen LogP) is 3.30. The molecule has 180 valence electrons. The average molecular weight is 493 g/mol. The average Bonchev–Trinajstić information content (AvgIpc) is 2.85. The van der Waals surface area contributed by atoms with E-state index in [2.05, 4.69) is 14.9 Å². The van der Waals surface area contributed by atoms with Crippen molar-refractivity contribution in [3.63, 3.8) is 0 Å². The molecule has 34 heavy (non-hydrogen) atoms. The fraction of sp³-hybridized carbons (Fsp3) is 0.391. The molecular formula is C23H23ClF2N4O4. The quantitative estimate of drug-likeness (QED) is 0.542. The zero-order valence-corrected chi connectivity index (χ0v) is 19.1. The van der Waals surface area contributed by atoms with Gasteiger partial charge in [0.25, 0.3) is 0 Å². The van der Waals surface area contributed by atoms with Crippen LogP contribution >= 0.6 is 11.6 Å². The van der Waals surface area contributed by atoms with Crippen LogP contribution in [-0.4, -0.2) is 73.6 Å². The van der Waals surface area contributed by atoms with Crippen molar-refractivity contribution in [1.82, 2.24) is 14.9 Å². The van der Waals surface area contributed by atoms with Gasteiger partial charge in [-0.05, 0) is 18.2 Å². The van der Waals surface area contributed by atoms with E-state index in [0.717, 1.165) is 19.2 Å². The van der Waals surface area contributed by atoms with Gasteiger partial charge in [0.15, 0.2) is 23.1 Å². The fourth-order valence-electron chi connectivity index (χ4n) is 4.18. The summed E-state index contributed by atoms with van der Waals surface area (Å²) in [5.74, 6) is -0.851. The first-order valence-electron chi connectivity index (χ1n) is 10.8. The van der Waals surface area contributed by atoms with Gasteiger partial charge in [-0.15, -0.1) is 0 Å². The first kappa shape index (κ1) is 23.0. The second-order valence-corrected chi connectivity index (χ2v) is 8.54. The molecular weight excluding hydrogens is 470 g/mol. The van der Waals surface area contributed by atoms with E-state index in [1.807, 2.05) is 0 Å². The molecule has 3 aromatic rings. The number of hydrogen-bond acceptors (Lipinski definition) is 8. The topological polar surface area (TPSA) is 92.0 Å². The minimum atomic E-state index is -0.957. The number of halogens is 3. The number of fused-ring (bicyclic) bond motifs is 2. The van der Waals surface area contributed by atoms with E-state index in [1.165, 1.54) is 13.2 Å². The Morgan fingerprint density at radius 3 is 2.88 bits per heavy atom. The highest BCUT2D eigenvalue weighted by atomic mass is 35.5. The first-order chi connectivity index (χ1) is 16.4. The van der Waals surface area contributed by atoms with Gasteiger partial charge in [-0.2, -0.15) is 0 Å². The number of anilines is 1. The molecule has 2 saturated heterocycles. The van der Waals surface area contributed by atoms with Crippen LogP contribution in [0.4, 0.5) is 14.6 Å². The molecule has 2 atom stereocenters. The fourth-order valence-corrected chi connectivity index (χ4v) is 4.34. The van der Waals surface area contributed by atoms with E-state index in [0.29, 0.717) is 48.8 Å². The van der Waals surface area contributed by atoms with Crippen molar-refractivity contribution in [2.45, 2.75) is 12.1 Å². The van der Waals surface area contributed by atoms with Gasteiger partial charge in [0.05, 0.1) is 44.1 Å². The van der Waals surface area contributed by atoms with Gasteiger partial charge in [-0.1, -0.05) is 11.6 Å². The van der Waals surface area contributed by atoms with Gasteiger partial charge < -0.3 is 24.7 Å². The van der Waals surface area contributed by atoms with Crippen molar-refractivity contribution in [3.05, 3.63) is 40.9 Å². The number of rotatable bonds is 5. The highest BCUT2D eigenvalue weighted by Crippen LogP contribution is 2.36. The zero-order valence-electron chi connectivity index (χ0n) is 18.4. The number of nitrogen functional groups attached to an aromatic ring is 1. The van der Waals surface area contributed by atoms with Crippen molar-refractivity contribution in [2.24, 2.45) is 0 Å². The molecule has 2 aliphatic heterocycles. The molecule has 0 spiro atoms. The van der Waals surface area contributed by atoms with Crippen molar-refractivity contribution in [2.75, 3.05) is 52.4 Å². The maximum Gasteiger partial charge on any atom is 0.165 e. The van der Waals surface area contributed by atoms with E-state index < -0.39 is 16.7 Å². The molecule has 2 aromatic carbocycles. The van der Waals surface area contributed by atoms with Crippen LogP contribution in [0.3, 0.4) is 0 Å². The smallest absolute Gasteiger partial charge is 0.165 e. The zero-order chi connectivity index (χ0) is 23.8. The van der Waals surface area contributed by atoms with E-state index in [9.17, 15) is 8.78 Å². The molecule has 2 fully saturated rings. The Hall–Kier alpha value is -2.79. The second kappa shape index (κ2) is 9.46. The molecule has 1 aromatic heterocycles. The third kappa shape index (κ3) is 4.34. The van der Waals surface area contributed by atoms with Crippen LogP contribution in [0.15, 0.2) is 24.3 Å². The van der Waals surface area contributed by atoms with Crippen LogP contribution in [0.1, 0.15) is 0 Å². The van der Waals surface area contributed by atoms with Crippen LogP contribution in [0.25, 0.3) is 22.3 Å². The van der Waals surface area contributed by atoms with E-state index in [1.54, 1.807) is 12.1 Å². The van der Waals surface area contributed by atoms with Gasteiger partial charge in [-0.25, -0.2) is 18.7 Å². The summed E-state index contributed by atoms with van der Waals surface area (Å²) in [6.45, 7) is 3.89. The lowest BCUT2D eigenvalue weighted by Crippen LogP contribution is -2.56. The summed E-state index contributed by atoms with van der Waals surface area (Å²) in [7, 11) is 1.52. The molecule has 3 heterocycles. The second-order valence-electron chi connectivity index (χ2n) is 8.17. The predicted molar refractivity (Wildman–Crippen MR) is 122 cm³/mol. The number of benzene rings is 2. The molecule has 0 saturated carbocycles. The number of aromatic nitrogens is 2. The summed E-state index contributed by atoms with van der Waals surface area (Å²) in [6, 6.07) is 5.86. The molecule has 0 aliphatic carbocycles. The van der Waals surface area contributed by atoms with Crippen LogP contribution in [-0.2, 0) is 9.47 Å². The minimum absolute atomic E-state index is 0.0190. The van der Waals surface area contributed by atoms with Gasteiger partial charge >= 0.3 is 0 Å². The molecule has 0 bridgehead atoms. The molecule has 2 N–H and O–H groups in total. The van der Waals surface area contributed by atoms with Gasteiger partial charge in [0, 0.05) is 24.5 Å². The van der Waals surface area contributed by atoms with Crippen LogP contribution in [0, 0.1) is 11.6 Å². The minimum Gasteiger partial charge on any atom is -0.493 e. The summed E-state index contributed by atoms with van der Waals surface area (Å²) >= 11 is 5.72. The normalized spacial score (nSPS) is 20.8. The highest BCUT2D eigenvalue weighted by molar-refractivity contribution is 6.31. The maximum atomic E-state index is 14.6. The van der Waals surface area contributed by atoms with Crippen LogP contribution in [0.5, 0.6) is 11.5 Å². The largest absolute Gasteiger partial charge is 0.493 e. The lowest BCUT2D eigenvalue weighted by atomic mass is 10.1. The molecule has 11 heteroatoms. The van der Waals surface area contributed by atoms with E-state index in [-0.39, 0.29) is 29.4 Å². The Kier molecular flexibility index (Phi) is 6.39. The Labute approximate surface area is 199 Å². The third-order valence-corrected chi connectivity index (χ3v) is 6.37. The number of nitrogens with two attached hydrogens (primary N) is 1. The molecule has 0 radical (unpaired) electrons. The summed E-state index contributed by atoms with van der Waals surface area (Å²) < 4.78 is 51.1. The third-order valence-electron chi connectivity index (χ3n) is 6.02. The van der Waals surface area contributed by atoms with Crippen molar-refractivity contribution in [3.8, 4) is 22.9 Å². The Morgan fingerprint density at radius 2 is 2.06 bits per heavy atom. The number of nitrogens with zero attached hydrogens (tertiary/aromatic N) is 3. The molecule has 8 nitrogen and oxygen atoms in total. The number of ether oxygens (including phenoxy) is 4. The molecule has 0 unspecified atom stereocenters. The molecule has 2 aliphatic rings. The van der Waals surface area contributed by atoms with Crippen molar-refractivity contribution in [1.29, 1.82) is 0 Å². The SMILES string of the molecule is COc1cc2c(N)nc(-c3ccc(F)c(Cl)c3F)nc2cc1OC[C@H]1CN2CCOC[C@H]2CO1. The van der Waals surface area contributed by atoms with Gasteiger partial charge in [-0.3, -0.25) is 4.90 Å². The summed E-state index contributed by atoms with van der Waals surface area (Å²) in [5.41, 5.74) is 6.48. The lowest BCUT2D eigenvalue weighted by molar-refractivity contribution is -0.124. The summed E-state index contributed by atoms with van der Waals surface area (Å²) in [5, 5.41) is -0.125. The van der Waals surface area contributed by atoms with E-state index in [4.69, 9.17) is 36.3 Å². The van der Waals surface area contributed by atoms with E-state index >= 15 is 0 Å². The van der Waals surface area contributed by atoms with Gasteiger partial charge in [0.1, 0.15) is 29.4 Å². The number of morpholine rings is 2. The monoisotopic (exact) mass is 492 g/mol. The molecule has 0 amide bonds. The van der Waals surface area contributed by atoms with Crippen LogP contribution < -0.4 is 15.2 Å². The Balaban J connectivity index is 1.42. The Bertz CT molecular complexity index is 1230. The maximum absolute atomic E-state index is 14.6. The van der Waals surface area contributed by atoms with Crippen molar-refractivity contribution < 1.29 is 27.7 Å². The summed E-state index contributed by atoms with van der Waals surface area (Å²) in [6.07, 6.45) is -0.115. The standard InChI is InChI=1S/C23H23ClF2N4O4/c1-31-18-6-15-17(28-23(29-22(15)27)14-2-3-16(25)20(24)21(14)26)7-19(18)34-11-13-8-30-4-5-32-9-12(30)10-33-13/h2-3,6-7,12-13H,4-5,8-11H2,1H3,(H2,27,28,29)/t12-,13+/m0/s1. The molecule has 5 rings (SSSR count). The number of methoxy groups -OCH3 is 1. The highest BCUT2D eigenvalue weighted by Gasteiger charge is 2.31. The lowest BCUT2D eigenvalue weighted by Gasteiger charge is -2.41. The first-order valence-corrected chi connectivity index (χ1v) is 11.2. The Morgan fingerprint density at radius 1 is 1.21 bits per heavy atom. The van der Waals surface area contributed by atoms with Gasteiger partial charge in [0.2, 0.25) is 0 Å². The van der Waals surface area contributed by atoms with Crippen LogP contribution in [0.2, 0.25) is 5.02 Å². The summed E-state index contributed by atoms with van der Waals surface area (Å²) in [4.78, 5) is 10.9. The number of hydrogen-bond donors (Lipinski definition) is 1.